The van der Waals surface area contributed by atoms with Crippen LogP contribution in [0.5, 0.6) is 0 Å². The van der Waals surface area contributed by atoms with Crippen molar-refractivity contribution in [3.63, 3.8) is 0 Å². The first-order valence-corrected chi connectivity index (χ1v) is 9.31. The Morgan fingerprint density at radius 1 is 1.46 bits per heavy atom. The Kier molecular flexibility index (Phi) is 5.46. The SMILES string of the molecule is Cc1onc(C(=O)NC(C)(C)CN2CCC[C@@H](C)C2)c1Cn1cccn1. The third kappa shape index (κ3) is 4.52. The van der Waals surface area contributed by atoms with E-state index in [0.29, 0.717) is 23.9 Å². The van der Waals surface area contributed by atoms with E-state index in [9.17, 15) is 4.79 Å². The Morgan fingerprint density at radius 3 is 2.96 bits per heavy atom. The highest BCUT2D eigenvalue weighted by atomic mass is 16.5. The van der Waals surface area contributed by atoms with Crippen molar-refractivity contribution < 1.29 is 9.32 Å². The first-order chi connectivity index (χ1) is 12.3. The van der Waals surface area contributed by atoms with Crippen molar-refractivity contribution in [1.82, 2.24) is 25.2 Å². The number of carbonyl (C=O) groups is 1. The summed E-state index contributed by atoms with van der Waals surface area (Å²) in [5.41, 5.74) is 0.774. The topological polar surface area (TPSA) is 76.2 Å². The highest BCUT2D eigenvalue weighted by molar-refractivity contribution is 5.94. The summed E-state index contributed by atoms with van der Waals surface area (Å²) in [6.07, 6.45) is 6.08. The molecule has 1 N–H and O–H groups in total. The zero-order valence-corrected chi connectivity index (χ0v) is 16.2. The van der Waals surface area contributed by atoms with Gasteiger partial charge in [0.05, 0.1) is 6.54 Å². The average molecular weight is 359 g/mol. The lowest BCUT2D eigenvalue weighted by Gasteiger charge is -2.37. The number of nitrogens with zero attached hydrogens (tertiary/aromatic N) is 4. The fourth-order valence-electron chi connectivity index (χ4n) is 3.71. The van der Waals surface area contributed by atoms with Gasteiger partial charge in [0, 0.05) is 36.6 Å². The van der Waals surface area contributed by atoms with Crippen molar-refractivity contribution in [3.8, 4) is 0 Å². The molecule has 0 aliphatic carbocycles. The lowest BCUT2D eigenvalue weighted by molar-refractivity contribution is 0.0853. The smallest absolute Gasteiger partial charge is 0.274 e. The molecule has 0 saturated carbocycles. The van der Waals surface area contributed by atoms with Crippen LogP contribution in [0.25, 0.3) is 0 Å². The van der Waals surface area contributed by atoms with Crippen LogP contribution in [0.3, 0.4) is 0 Å². The van der Waals surface area contributed by atoms with E-state index in [1.807, 2.05) is 19.2 Å². The van der Waals surface area contributed by atoms with Gasteiger partial charge in [-0.1, -0.05) is 12.1 Å². The molecule has 0 unspecified atom stereocenters. The average Bonchev–Trinajstić information content (AvgIpc) is 3.17. The summed E-state index contributed by atoms with van der Waals surface area (Å²) < 4.78 is 7.04. The molecule has 1 aliphatic rings. The highest BCUT2D eigenvalue weighted by Gasteiger charge is 2.29. The largest absolute Gasteiger partial charge is 0.361 e. The van der Waals surface area contributed by atoms with E-state index >= 15 is 0 Å². The minimum Gasteiger partial charge on any atom is -0.361 e. The summed E-state index contributed by atoms with van der Waals surface area (Å²) >= 11 is 0. The lowest BCUT2D eigenvalue weighted by atomic mass is 9.97. The second-order valence-electron chi connectivity index (χ2n) is 8.09. The van der Waals surface area contributed by atoms with Crippen LogP contribution in [0, 0.1) is 12.8 Å². The predicted octanol–water partition coefficient (Wildman–Crippen LogP) is 2.47. The Labute approximate surface area is 154 Å². The molecule has 1 saturated heterocycles. The van der Waals surface area contributed by atoms with Gasteiger partial charge in [-0.25, -0.2) is 0 Å². The molecule has 0 aromatic carbocycles. The zero-order valence-electron chi connectivity index (χ0n) is 16.2. The van der Waals surface area contributed by atoms with Gasteiger partial charge in [-0.3, -0.25) is 9.48 Å². The standard InChI is InChI=1S/C19H29N5O2/c1-14-7-5-9-23(11-14)13-19(3,4)21-18(25)17-16(15(2)26-22-17)12-24-10-6-8-20-24/h6,8,10,14H,5,7,9,11-13H2,1-4H3,(H,21,25)/t14-/m1/s1. The molecule has 1 atom stereocenters. The van der Waals surface area contributed by atoms with Gasteiger partial charge in [-0.15, -0.1) is 0 Å². The van der Waals surface area contributed by atoms with E-state index in [-0.39, 0.29) is 11.4 Å². The molecule has 7 nitrogen and oxygen atoms in total. The normalized spacial score (nSPS) is 18.8. The number of rotatable bonds is 6. The third-order valence-electron chi connectivity index (χ3n) is 4.89. The summed E-state index contributed by atoms with van der Waals surface area (Å²) in [7, 11) is 0. The van der Waals surface area contributed by atoms with Crippen LogP contribution in [0.15, 0.2) is 23.0 Å². The molecule has 0 radical (unpaired) electrons. The Bertz CT molecular complexity index is 735. The fraction of sp³-hybridized carbons (Fsp3) is 0.632. The molecule has 3 heterocycles. The van der Waals surface area contributed by atoms with Crippen LogP contribution < -0.4 is 5.32 Å². The molecular formula is C19H29N5O2. The van der Waals surface area contributed by atoms with Crippen molar-refractivity contribution in [2.24, 2.45) is 5.92 Å². The molecule has 1 aliphatic heterocycles. The second-order valence-corrected chi connectivity index (χ2v) is 8.09. The number of aromatic nitrogens is 3. The first kappa shape index (κ1) is 18.6. The maximum atomic E-state index is 12.8. The van der Waals surface area contributed by atoms with Crippen LogP contribution in [0.4, 0.5) is 0 Å². The minimum atomic E-state index is -0.343. The van der Waals surface area contributed by atoms with Gasteiger partial charge in [0.2, 0.25) is 0 Å². The second kappa shape index (κ2) is 7.61. The maximum absolute atomic E-state index is 12.8. The summed E-state index contributed by atoms with van der Waals surface area (Å²) in [5, 5.41) is 11.3. The molecule has 2 aromatic rings. The number of amides is 1. The van der Waals surface area contributed by atoms with E-state index in [1.165, 1.54) is 12.8 Å². The monoisotopic (exact) mass is 359 g/mol. The predicted molar refractivity (Wildman–Crippen MR) is 99.0 cm³/mol. The molecule has 7 heteroatoms. The number of hydrogen-bond donors (Lipinski definition) is 1. The number of piperidine rings is 1. The maximum Gasteiger partial charge on any atom is 0.274 e. The number of carbonyl (C=O) groups excluding carboxylic acids is 1. The first-order valence-electron chi connectivity index (χ1n) is 9.31. The molecular weight excluding hydrogens is 330 g/mol. The van der Waals surface area contributed by atoms with E-state index < -0.39 is 0 Å². The lowest BCUT2D eigenvalue weighted by Crippen LogP contribution is -2.53. The van der Waals surface area contributed by atoms with Gasteiger partial charge in [0.25, 0.3) is 5.91 Å². The summed E-state index contributed by atoms with van der Waals surface area (Å²) in [6.45, 7) is 11.7. The number of aryl methyl sites for hydroxylation is 1. The van der Waals surface area contributed by atoms with Gasteiger partial charge in [-0.05, 0) is 52.1 Å². The van der Waals surface area contributed by atoms with Crippen molar-refractivity contribution in [2.45, 2.75) is 52.6 Å². The van der Waals surface area contributed by atoms with Crippen LogP contribution >= 0.6 is 0 Å². The molecule has 142 valence electrons. The van der Waals surface area contributed by atoms with Gasteiger partial charge >= 0.3 is 0 Å². The minimum absolute atomic E-state index is 0.195. The molecule has 26 heavy (non-hydrogen) atoms. The van der Waals surface area contributed by atoms with Crippen LogP contribution in [-0.2, 0) is 6.54 Å². The molecule has 1 fully saturated rings. The van der Waals surface area contributed by atoms with Gasteiger partial charge in [-0.2, -0.15) is 5.10 Å². The van der Waals surface area contributed by atoms with Crippen molar-refractivity contribution in [1.29, 1.82) is 0 Å². The zero-order chi connectivity index (χ0) is 18.7. The summed E-state index contributed by atoms with van der Waals surface area (Å²) in [4.78, 5) is 15.3. The Morgan fingerprint density at radius 2 is 2.27 bits per heavy atom. The van der Waals surface area contributed by atoms with E-state index in [4.69, 9.17) is 4.52 Å². The van der Waals surface area contributed by atoms with Gasteiger partial charge in [0.1, 0.15) is 5.76 Å². The van der Waals surface area contributed by atoms with Crippen molar-refractivity contribution >= 4 is 5.91 Å². The highest BCUT2D eigenvalue weighted by Crippen LogP contribution is 2.19. The third-order valence-corrected chi connectivity index (χ3v) is 4.89. The van der Waals surface area contributed by atoms with E-state index in [1.54, 1.807) is 10.9 Å². The van der Waals surface area contributed by atoms with Crippen molar-refractivity contribution in [2.75, 3.05) is 19.6 Å². The Hall–Kier alpha value is -2.15. The molecule has 1 amide bonds. The van der Waals surface area contributed by atoms with Crippen molar-refractivity contribution in [3.05, 3.63) is 35.5 Å². The number of hydrogen-bond acceptors (Lipinski definition) is 5. The van der Waals surface area contributed by atoms with Crippen LogP contribution in [0.1, 0.15) is 55.4 Å². The molecule has 0 bridgehead atoms. The summed E-state index contributed by atoms with van der Waals surface area (Å²) in [6, 6.07) is 1.85. The number of likely N-dealkylation sites (tertiary alicyclic amines) is 1. The quantitative estimate of drug-likeness (QED) is 0.857. The van der Waals surface area contributed by atoms with E-state index in [0.717, 1.165) is 25.2 Å². The van der Waals surface area contributed by atoms with Gasteiger partial charge in [0.15, 0.2) is 5.69 Å². The van der Waals surface area contributed by atoms with Crippen LogP contribution in [0.2, 0.25) is 0 Å². The molecule has 2 aromatic heterocycles. The number of nitrogens with one attached hydrogen (secondary N) is 1. The fourth-order valence-corrected chi connectivity index (χ4v) is 3.71. The van der Waals surface area contributed by atoms with Gasteiger partial charge < -0.3 is 14.7 Å². The summed E-state index contributed by atoms with van der Waals surface area (Å²) in [5.74, 6) is 1.17. The molecule has 3 rings (SSSR count). The van der Waals surface area contributed by atoms with Crippen LogP contribution in [-0.4, -0.2) is 50.9 Å². The van der Waals surface area contributed by atoms with E-state index in [2.05, 4.69) is 41.2 Å². The Balaban J connectivity index is 1.67. The molecule has 0 spiro atoms.